The van der Waals surface area contributed by atoms with Gasteiger partial charge in [-0.3, -0.25) is 9.69 Å². The van der Waals surface area contributed by atoms with Crippen LogP contribution in [0.2, 0.25) is 0 Å². The SMILES string of the molecule is Cc1c(C(=O)N2CCCC2)nnn1-c1cccc2c1CCN(C(C)C)C2. The Hall–Kier alpha value is -2.21. The molecule has 0 N–H and O–H groups in total. The first-order chi connectivity index (χ1) is 12.6. The first-order valence-corrected chi connectivity index (χ1v) is 9.63. The van der Waals surface area contributed by atoms with Crippen LogP contribution in [0.1, 0.15) is 54.0 Å². The van der Waals surface area contributed by atoms with E-state index in [0.717, 1.165) is 56.8 Å². The minimum atomic E-state index is 0.0158. The van der Waals surface area contributed by atoms with Gasteiger partial charge in [0.2, 0.25) is 0 Å². The van der Waals surface area contributed by atoms with E-state index in [4.69, 9.17) is 0 Å². The first kappa shape index (κ1) is 17.2. The molecule has 0 aliphatic carbocycles. The van der Waals surface area contributed by atoms with E-state index < -0.39 is 0 Å². The van der Waals surface area contributed by atoms with E-state index >= 15 is 0 Å². The minimum Gasteiger partial charge on any atom is -0.337 e. The fraction of sp³-hybridized carbons (Fsp3) is 0.550. The van der Waals surface area contributed by atoms with Crippen molar-refractivity contribution < 1.29 is 4.79 Å². The number of nitrogens with zero attached hydrogens (tertiary/aromatic N) is 5. The molecule has 138 valence electrons. The summed E-state index contributed by atoms with van der Waals surface area (Å²) in [7, 11) is 0. The Balaban J connectivity index is 1.67. The van der Waals surface area contributed by atoms with Crippen molar-refractivity contribution in [3.8, 4) is 5.69 Å². The molecule has 6 heteroatoms. The summed E-state index contributed by atoms with van der Waals surface area (Å²) < 4.78 is 1.85. The van der Waals surface area contributed by atoms with Crippen LogP contribution in [0.5, 0.6) is 0 Å². The smallest absolute Gasteiger partial charge is 0.276 e. The summed E-state index contributed by atoms with van der Waals surface area (Å²) in [6.07, 6.45) is 3.16. The van der Waals surface area contributed by atoms with Crippen LogP contribution in [-0.2, 0) is 13.0 Å². The molecule has 0 spiro atoms. The Morgan fingerprint density at radius 3 is 2.65 bits per heavy atom. The molecule has 1 aromatic heterocycles. The molecule has 2 aliphatic heterocycles. The standard InChI is InChI=1S/C20H27N5O/c1-14(2)24-12-9-17-16(13-24)7-6-8-18(17)25-15(3)19(21-22-25)20(26)23-10-4-5-11-23/h6-8,14H,4-5,9-13H2,1-3H3. The van der Waals surface area contributed by atoms with Crippen LogP contribution < -0.4 is 0 Å². The van der Waals surface area contributed by atoms with Crippen LogP contribution in [0.15, 0.2) is 18.2 Å². The number of carbonyl (C=O) groups is 1. The Morgan fingerprint density at radius 2 is 1.92 bits per heavy atom. The highest BCUT2D eigenvalue weighted by Crippen LogP contribution is 2.27. The predicted octanol–water partition coefficient (Wildman–Crippen LogP) is 2.58. The third-order valence-corrected chi connectivity index (χ3v) is 5.72. The third-order valence-electron chi connectivity index (χ3n) is 5.72. The molecule has 1 amide bonds. The first-order valence-electron chi connectivity index (χ1n) is 9.63. The van der Waals surface area contributed by atoms with E-state index in [1.807, 2.05) is 16.5 Å². The Labute approximate surface area is 154 Å². The average Bonchev–Trinajstić information content (AvgIpc) is 3.30. The highest BCUT2D eigenvalue weighted by Gasteiger charge is 2.27. The highest BCUT2D eigenvalue weighted by atomic mass is 16.2. The maximum Gasteiger partial charge on any atom is 0.276 e. The maximum atomic E-state index is 12.7. The van der Waals surface area contributed by atoms with Crippen molar-refractivity contribution in [1.29, 1.82) is 0 Å². The molecule has 26 heavy (non-hydrogen) atoms. The zero-order chi connectivity index (χ0) is 18.3. The molecule has 0 saturated carbocycles. The molecule has 6 nitrogen and oxygen atoms in total. The van der Waals surface area contributed by atoms with E-state index in [2.05, 4.69) is 47.3 Å². The van der Waals surface area contributed by atoms with E-state index in [1.54, 1.807) is 0 Å². The van der Waals surface area contributed by atoms with Gasteiger partial charge >= 0.3 is 0 Å². The van der Waals surface area contributed by atoms with E-state index in [0.29, 0.717) is 11.7 Å². The van der Waals surface area contributed by atoms with Crippen molar-refractivity contribution in [3.05, 3.63) is 40.7 Å². The molecular weight excluding hydrogens is 326 g/mol. The van der Waals surface area contributed by atoms with Crippen molar-refractivity contribution in [3.63, 3.8) is 0 Å². The lowest BCUT2D eigenvalue weighted by Gasteiger charge is -2.32. The largest absolute Gasteiger partial charge is 0.337 e. The van der Waals surface area contributed by atoms with Crippen LogP contribution in [0, 0.1) is 6.92 Å². The van der Waals surface area contributed by atoms with Gasteiger partial charge in [-0.05, 0) is 57.2 Å². The van der Waals surface area contributed by atoms with E-state index in [1.165, 1.54) is 11.1 Å². The van der Waals surface area contributed by atoms with Crippen LogP contribution in [-0.4, -0.2) is 56.4 Å². The summed E-state index contributed by atoms with van der Waals surface area (Å²) in [5.41, 5.74) is 5.07. The van der Waals surface area contributed by atoms with Gasteiger partial charge in [-0.15, -0.1) is 5.10 Å². The fourth-order valence-corrected chi connectivity index (χ4v) is 4.08. The van der Waals surface area contributed by atoms with E-state index in [9.17, 15) is 4.79 Å². The number of rotatable bonds is 3. The average molecular weight is 353 g/mol. The second-order valence-corrected chi connectivity index (χ2v) is 7.66. The van der Waals surface area contributed by atoms with Crippen LogP contribution >= 0.6 is 0 Å². The maximum absolute atomic E-state index is 12.7. The van der Waals surface area contributed by atoms with Gasteiger partial charge in [-0.1, -0.05) is 17.3 Å². The van der Waals surface area contributed by atoms with Crippen LogP contribution in [0.25, 0.3) is 5.69 Å². The van der Waals surface area contributed by atoms with Gasteiger partial charge in [-0.2, -0.15) is 0 Å². The molecule has 1 aromatic carbocycles. The van der Waals surface area contributed by atoms with E-state index in [-0.39, 0.29) is 5.91 Å². The van der Waals surface area contributed by atoms with Crippen molar-refractivity contribution in [2.45, 2.75) is 52.6 Å². The summed E-state index contributed by atoms with van der Waals surface area (Å²) in [6.45, 7) is 10.1. The molecule has 1 saturated heterocycles. The molecule has 4 rings (SSSR count). The molecule has 3 heterocycles. The number of aromatic nitrogens is 3. The van der Waals surface area contributed by atoms with Gasteiger partial charge in [0.15, 0.2) is 5.69 Å². The van der Waals surface area contributed by atoms with Gasteiger partial charge in [0.25, 0.3) is 5.91 Å². The van der Waals surface area contributed by atoms with Gasteiger partial charge in [0, 0.05) is 32.2 Å². The Morgan fingerprint density at radius 1 is 1.15 bits per heavy atom. The molecule has 0 unspecified atom stereocenters. The quantitative estimate of drug-likeness (QED) is 0.851. The van der Waals surface area contributed by atoms with Crippen molar-refractivity contribution in [1.82, 2.24) is 24.8 Å². The van der Waals surface area contributed by atoms with Crippen molar-refractivity contribution in [2.75, 3.05) is 19.6 Å². The summed E-state index contributed by atoms with van der Waals surface area (Å²) in [5.74, 6) is 0.0158. The van der Waals surface area contributed by atoms with Gasteiger partial charge in [0.05, 0.1) is 11.4 Å². The molecule has 2 aromatic rings. The third kappa shape index (κ3) is 2.92. The normalized spacial score (nSPS) is 17.8. The summed E-state index contributed by atoms with van der Waals surface area (Å²) in [4.78, 5) is 17.1. The minimum absolute atomic E-state index is 0.0158. The monoisotopic (exact) mass is 353 g/mol. The fourth-order valence-electron chi connectivity index (χ4n) is 4.08. The van der Waals surface area contributed by atoms with Crippen molar-refractivity contribution >= 4 is 5.91 Å². The number of likely N-dealkylation sites (tertiary alicyclic amines) is 1. The lowest BCUT2D eigenvalue weighted by atomic mass is 9.97. The number of benzene rings is 1. The van der Waals surface area contributed by atoms with Crippen LogP contribution in [0.4, 0.5) is 0 Å². The highest BCUT2D eigenvalue weighted by molar-refractivity contribution is 5.93. The number of fused-ring (bicyclic) bond motifs is 1. The molecule has 2 aliphatic rings. The molecule has 1 fully saturated rings. The number of carbonyl (C=O) groups excluding carboxylic acids is 1. The van der Waals surface area contributed by atoms with Gasteiger partial charge < -0.3 is 4.90 Å². The van der Waals surface area contributed by atoms with Crippen LogP contribution in [0.3, 0.4) is 0 Å². The summed E-state index contributed by atoms with van der Waals surface area (Å²) >= 11 is 0. The second-order valence-electron chi connectivity index (χ2n) is 7.66. The molecule has 0 bridgehead atoms. The molecule has 0 atom stereocenters. The van der Waals surface area contributed by atoms with Gasteiger partial charge in [0.1, 0.15) is 0 Å². The lowest BCUT2D eigenvalue weighted by Crippen LogP contribution is -2.36. The summed E-state index contributed by atoms with van der Waals surface area (Å²) in [5, 5.41) is 8.59. The second kappa shape index (κ2) is 6.83. The van der Waals surface area contributed by atoms with Crippen molar-refractivity contribution in [2.24, 2.45) is 0 Å². The topological polar surface area (TPSA) is 54.3 Å². The number of hydrogen-bond donors (Lipinski definition) is 0. The Kier molecular flexibility index (Phi) is 4.53. The lowest BCUT2D eigenvalue weighted by molar-refractivity contribution is 0.0786. The Bertz CT molecular complexity index is 820. The predicted molar refractivity (Wildman–Crippen MR) is 100 cm³/mol. The summed E-state index contributed by atoms with van der Waals surface area (Å²) in [6, 6.07) is 6.93. The molecule has 0 radical (unpaired) electrons. The number of hydrogen-bond acceptors (Lipinski definition) is 4. The zero-order valence-electron chi connectivity index (χ0n) is 15.9. The van der Waals surface area contributed by atoms with Gasteiger partial charge in [-0.25, -0.2) is 4.68 Å². The molecular formula is C20H27N5O. The number of amides is 1. The zero-order valence-corrected chi connectivity index (χ0v) is 15.9.